The Balaban J connectivity index is 1.74. The Morgan fingerprint density at radius 1 is 1.31 bits per heavy atom. The Morgan fingerprint density at radius 2 is 2.03 bits per heavy atom. The van der Waals surface area contributed by atoms with Crippen LogP contribution in [0.5, 0.6) is 0 Å². The number of fused-ring (bicyclic) bond motifs is 1. The predicted molar refractivity (Wildman–Crippen MR) is 130 cm³/mol. The van der Waals surface area contributed by atoms with Gasteiger partial charge in [-0.25, -0.2) is 14.6 Å². The highest BCUT2D eigenvalue weighted by atomic mass is 32.2. The molecule has 1 aromatic heterocycles. The average Bonchev–Trinajstić information content (AvgIpc) is 3.37. The van der Waals surface area contributed by atoms with Crippen molar-refractivity contribution in [3.8, 4) is 0 Å². The van der Waals surface area contributed by atoms with Crippen molar-refractivity contribution in [2.24, 2.45) is 11.8 Å². The monoisotopic (exact) mass is 526 g/mol. The van der Waals surface area contributed by atoms with E-state index in [-0.39, 0.29) is 36.3 Å². The van der Waals surface area contributed by atoms with Crippen molar-refractivity contribution in [3.63, 3.8) is 0 Å². The second kappa shape index (κ2) is 12.0. The summed E-state index contributed by atoms with van der Waals surface area (Å²) < 4.78 is 15.1. The van der Waals surface area contributed by atoms with E-state index >= 15 is 0 Å². The third-order valence-corrected chi connectivity index (χ3v) is 8.01. The molecular weight excluding hydrogens is 496 g/mol. The highest BCUT2D eigenvalue weighted by Crippen LogP contribution is 2.51. The molecule has 2 aliphatic rings. The van der Waals surface area contributed by atoms with Crippen LogP contribution in [-0.2, 0) is 30.4 Å². The normalized spacial score (nSPS) is 22.4. The van der Waals surface area contributed by atoms with Crippen molar-refractivity contribution < 1.29 is 38.8 Å². The molecule has 10 nitrogen and oxygen atoms in total. The van der Waals surface area contributed by atoms with Gasteiger partial charge in [0.05, 0.1) is 40.8 Å². The van der Waals surface area contributed by atoms with Crippen LogP contribution >= 0.6 is 23.1 Å². The molecule has 0 radical (unpaired) electrons. The lowest BCUT2D eigenvalue weighted by Gasteiger charge is -2.46. The van der Waals surface area contributed by atoms with Crippen LogP contribution in [0, 0.1) is 11.8 Å². The van der Waals surface area contributed by atoms with E-state index in [1.54, 1.807) is 23.9 Å². The van der Waals surface area contributed by atoms with E-state index in [1.807, 2.05) is 20.8 Å². The molecule has 35 heavy (non-hydrogen) atoms. The van der Waals surface area contributed by atoms with Crippen molar-refractivity contribution >= 4 is 47.2 Å². The number of carbonyl (C=O) groups excluding carboxylic acids is 3. The van der Waals surface area contributed by atoms with E-state index in [9.17, 15) is 24.6 Å². The van der Waals surface area contributed by atoms with Crippen LogP contribution in [0.25, 0.3) is 6.08 Å². The number of ether oxygens (including phenoxy) is 3. The van der Waals surface area contributed by atoms with Crippen molar-refractivity contribution in [2.75, 3.05) is 6.79 Å². The molecule has 0 saturated carbocycles. The Hall–Kier alpha value is -2.41. The third-order valence-electron chi connectivity index (χ3n) is 6.08. The molecule has 0 aromatic carbocycles. The molecule has 3 heterocycles. The van der Waals surface area contributed by atoms with Gasteiger partial charge in [-0.1, -0.05) is 32.5 Å². The molecule has 2 aliphatic heterocycles. The smallest absolute Gasteiger partial charge is 0.431 e. The zero-order valence-electron chi connectivity index (χ0n) is 20.0. The van der Waals surface area contributed by atoms with Gasteiger partial charge in [0.1, 0.15) is 11.8 Å². The van der Waals surface area contributed by atoms with E-state index < -0.39 is 30.9 Å². The number of aromatic nitrogens is 1. The summed E-state index contributed by atoms with van der Waals surface area (Å²) >= 11 is 2.62. The number of thiazole rings is 1. The van der Waals surface area contributed by atoms with Crippen LogP contribution in [0.3, 0.4) is 0 Å². The maximum absolute atomic E-state index is 13.0. The Morgan fingerprint density at radius 3 is 2.66 bits per heavy atom. The van der Waals surface area contributed by atoms with Gasteiger partial charge >= 0.3 is 12.1 Å². The topological polar surface area (TPSA) is 135 Å². The molecule has 1 fully saturated rings. The zero-order valence-corrected chi connectivity index (χ0v) is 21.6. The number of carbonyl (C=O) groups is 3. The molecule has 0 bridgehead atoms. The first-order valence-electron chi connectivity index (χ1n) is 11.4. The third kappa shape index (κ3) is 5.71. The molecule has 0 unspecified atom stereocenters. The number of aliphatic hydroxyl groups excluding tert-OH is 2. The van der Waals surface area contributed by atoms with Crippen LogP contribution in [0.4, 0.5) is 4.79 Å². The fourth-order valence-electron chi connectivity index (χ4n) is 4.20. The van der Waals surface area contributed by atoms with Gasteiger partial charge in [0.15, 0.2) is 0 Å². The molecule has 0 aliphatic carbocycles. The van der Waals surface area contributed by atoms with E-state index in [0.29, 0.717) is 23.4 Å². The number of hydrogen-bond acceptors (Lipinski definition) is 11. The molecule has 192 valence electrons. The largest absolute Gasteiger partial charge is 0.511 e. The second-order valence-electron chi connectivity index (χ2n) is 8.21. The van der Waals surface area contributed by atoms with E-state index in [0.717, 1.165) is 4.88 Å². The van der Waals surface area contributed by atoms with Gasteiger partial charge in [-0.15, -0.1) is 11.3 Å². The first kappa shape index (κ1) is 27.2. The van der Waals surface area contributed by atoms with Crippen LogP contribution < -0.4 is 0 Å². The molecule has 4 atom stereocenters. The van der Waals surface area contributed by atoms with Crippen LogP contribution in [0.1, 0.15) is 51.1 Å². The van der Waals surface area contributed by atoms with Crippen LogP contribution in [0.15, 0.2) is 21.5 Å². The fourth-order valence-corrected chi connectivity index (χ4v) is 5.97. The number of nitrogens with zero attached hydrogens (tertiary/aromatic N) is 2. The SMILES string of the molecule is CCC(CC)OC(=O)OCOC(=O)C1=C(SC=Cc2scnc2CO)[C@H](C)[C@@H]2[C@@H]([C@@H](C)O)C(=O)N12. The number of hydrogen-bond donors (Lipinski definition) is 2. The van der Waals surface area contributed by atoms with Crippen LogP contribution in [-0.4, -0.2) is 63.2 Å². The summed E-state index contributed by atoms with van der Waals surface area (Å²) in [6.07, 6.45) is 0.957. The van der Waals surface area contributed by atoms with E-state index in [4.69, 9.17) is 14.2 Å². The first-order valence-corrected chi connectivity index (χ1v) is 13.1. The minimum absolute atomic E-state index is 0.0719. The zero-order chi connectivity index (χ0) is 25.7. The minimum atomic E-state index is -0.936. The summed E-state index contributed by atoms with van der Waals surface area (Å²) in [7, 11) is 0. The average molecular weight is 527 g/mol. The molecule has 0 spiro atoms. The summed E-state index contributed by atoms with van der Waals surface area (Å²) in [4.78, 5) is 44.4. The maximum Gasteiger partial charge on any atom is 0.511 e. The van der Waals surface area contributed by atoms with Gasteiger partial charge in [-0.3, -0.25) is 4.79 Å². The lowest BCUT2D eigenvalue weighted by atomic mass is 9.79. The molecule has 2 N–H and O–H groups in total. The highest BCUT2D eigenvalue weighted by Gasteiger charge is 2.60. The number of rotatable bonds is 11. The predicted octanol–water partition coefficient (Wildman–Crippen LogP) is 3.25. The Kier molecular flexibility index (Phi) is 9.34. The van der Waals surface area contributed by atoms with E-state index in [2.05, 4.69) is 4.98 Å². The maximum atomic E-state index is 13.0. The molecule has 3 rings (SSSR count). The second-order valence-corrected chi connectivity index (χ2v) is 10.0. The highest BCUT2D eigenvalue weighted by molar-refractivity contribution is 8.06. The van der Waals surface area contributed by atoms with Crippen molar-refractivity contribution in [1.82, 2.24) is 9.88 Å². The number of aliphatic hydroxyl groups is 2. The van der Waals surface area contributed by atoms with Gasteiger partial charge < -0.3 is 29.3 Å². The quantitative estimate of drug-likeness (QED) is 0.251. The Labute approximate surface area is 211 Å². The molecule has 1 aromatic rings. The molecule has 1 saturated heterocycles. The summed E-state index contributed by atoms with van der Waals surface area (Å²) in [5.74, 6) is -2.02. The summed E-state index contributed by atoms with van der Waals surface area (Å²) in [5, 5.41) is 21.2. The van der Waals surface area contributed by atoms with Crippen molar-refractivity contribution in [2.45, 2.75) is 65.4 Å². The van der Waals surface area contributed by atoms with Crippen molar-refractivity contribution in [1.29, 1.82) is 0 Å². The number of thioether (sulfide) groups is 1. The molecule has 1 amide bonds. The van der Waals surface area contributed by atoms with Gasteiger partial charge in [-0.2, -0.15) is 0 Å². The standard InChI is InChI=1S/C23H30N2O8S2/c1-5-14(6-2)33-23(30)32-11-31-22(29)19-20(34-8-7-16-15(9-26)24-10-35-16)12(3)18-17(13(4)27)21(28)25(18)19/h7-8,10,12-14,17-18,26-27H,5-6,9,11H2,1-4H3/t12-,13-,17-,18-/m1/s1. The number of amides is 1. The lowest BCUT2D eigenvalue weighted by molar-refractivity contribution is -0.167. The van der Waals surface area contributed by atoms with Gasteiger partial charge in [-0.05, 0) is 31.2 Å². The van der Waals surface area contributed by atoms with E-state index in [1.165, 1.54) is 28.0 Å². The fraction of sp³-hybridized carbons (Fsp3) is 0.565. The summed E-state index contributed by atoms with van der Waals surface area (Å²) in [6, 6.07) is -0.377. The van der Waals surface area contributed by atoms with Crippen molar-refractivity contribution in [3.05, 3.63) is 32.1 Å². The van der Waals surface area contributed by atoms with Gasteiger partial charge in [0.25, 0.3) is 0 Å². The lowest BCUT2D eigenvalue weighted by Crippen LogP contribution is -2.63. The summed E-state index contributed by atoms with van der Waals surface area (Å²) in [5.41, 5.74) is 2.25. The molecule has 12 heteroatoms. The Bertz CT molecular complexity index is 1000. The molecular formula is C23H30N2O8S2. The number of esters is 1. The minimum Gasteiger partial charge on any atom is -0.431 e. The summed E-state index contributed by atoms with van der Waals surface area (Å²) in [6.45, 7) is 6.34. The number of β-lactam (4-membered cyclic amide) rings is 1. The van der Waals surface area contributed by atoms with Crippen LogP contribution in [0.2, 0.25) is 0 Å². The first-order chi connectivity index (χ1) is 16.7. The van der Waals surface area contributed by atoms with Gasteiger partial charge in [0.2, 0.25) is 12.7 Å². The van der Waals surface area contributed by atoms with Gasteiger partial charge in [0, 0.05) is 10.8 Å².